The van der Waals surface area contributed by atoms with Crippen molar-refractivity contribution in [1.82, 2.24) is 0 Å². The zero-order valence-electron chi connectivity index (χ0n) is 6.12. The Labute approximate surface area is 68.2 Å². The highest BCUT2D eigenvalue weighted by Gasteiger charge is 2.24. The molecule has 0 radical (unpaired) electrons. The van der Waals surface area contributed by atoms with Gasteiger partial charge in [-0.05, 0) is 31.7 Å². The molecule has 3 N–H and O–H groups in total. The predicted molar refractivity (Wildman–Crippen MR) is 44.3 cm³/mol. The number of rotatable bonds is 3. The number of hydrogen-bond donors (Lipinski definition) is 2. The summed E-state index contributed by atoms with van der Waals surface area (Å²) < 4.78 is 0. The minimum Gasteiger partial charge on any atom is -0.393 e. The van der Waals surface area contributed by atoms with E-state index in [4.69, 9.17) is 5.73 Å². The molecule has 0 bridgehead atoms. The standard InChI is InChI=1S/C7H15NO.ClH/c8-5-4-7(9)6-2-1-3-6;/h6-7,9H,1-5,8H2;1H/t7-;/m0./s1. The second kappa shape index (κ2) is 4.94. The van der Waals surface area contributed by atoms with Crippen LogP contribution in [0, 0.1) is 5.92 Å². The van der Waals surface area contributed by atoms with Gasteiger partial charge in [0.15, 0.2) is 0 Å². The van der Waals surface area contributed by atoms with Gasteiger partial charge >= 0.3 is 0 Å². The zero-order valence-corrected chi connectivity index (χ0v) is 6.94. The number of aliphatic hydroxyl groups is 1. The minimum atomic E-state index is -0.108. The fourth-order valence-corrected chi connectivity index (χ4v) is 1.23. The van der Waals surface area contributed by atoms with Crippen molar-refractivity contribution in [2.24, 2.45) is 11.7 Å². The highest BCUT2D eigenvalue weighted by Crippen LogP contribution is 2.30. The Morgan fingerprint density at radius 2 is 2.10 bits per heavy atom. The van der Waals surface area contributed by atoms with Gasteiger partial charge in [0.05, 0.1) is 6.10 Å². The molecule has 0 aromatic rings. The summed E-state index contributed by atoms with van der Waals surface area (Å²) in [6.07, 6.45) is 4.39. The summed E-state index contributed by atoms with van der Waals surface area (Å²) in [6, 6.07) is 0. The third-order valence-corrected chi connectivity index (χ3v) is 2.16. The van der Waals surface area contributed by atoms with Crippen LogP contribution in [-0.2, 0) is 0 Å². The van der Waals surface area contributed by atoms with Gasteiger partial charge in [-0.25, -0.2) is 0 Å². The summed E-state index contributed by atoms with van der Waals surface area (Å²) in [6.45, 7) is 0.623. The van der Waals surface area contributed by atoms with E-state index in [0.717, 1.165) is 6.42 Å². The molecule has 1 saturated carbocycles. The number of hydrogen-bond acceptors (Lipinski definition) is 2. The van der Waals surface area contributed by atoms with E-state index in [-0.39, 0.29) is 18.5 Å². The summed E-state index contributed by atoms with van der Waals surface area (Å²) in [5.41, 5.74) is 5.29. The molecule has 3 heteroatoms. The van der Waals surface area contributed by atoms with E-state index in [2.05, 4.69) is 0 Å². The highest BCUT2D eigenvalue weighted by molar-refractivity contribution is 5.85. The zero-order chi connectivity index (χ0) is 6.69. The van der Waals surface area contributed by atoms with E-state index < -0.39 is 0 Å². The molecule has 1 aliphatic carbocycles. The van der Waals surface area contributed by atoms with Crippen molar-refractivity contribution >= 4 is 12.4 Å². The average molecular weight is 166 g/mol. The third-order valence-electron chi connectivity index (χ3n) is 2.16. The van der Waals surface area contributed by atoms with Crippen molar-refractivity contribution in [3.05, 3.63) is 0 Å². The lowest BCUT2D eigenvalue weighted by atomic mass is 9.80. The van der Waals surface area contributed by atoms with Crippen LogP contribution >= 0.6 is 12.4 Å². The fraction of sp³-hybridized carbons (Fsp3) is 1.00. The number of aliphatic hydroxyl groups excluding tert-OH is 1. The lowest BCUT2D eigenvalue weighted by Crippen LogP contribution is -2.28. The summed E-state index contributed by atoms with van der Waals surface area (Å²) >= 11 is 0. The maximum Gasteiger partial charge on any atom is 0.0580 e. The molecular weight excluding hydrogens is 150 g/mol. The van der Waals surface area contributed by atoms with Crippen LogP contribution in [-0.4, -0.2) is 17.8 Å². The van der Waals surface area contributed by atoms with Crippen LogP contribution < -0.4 is 5.73 Å². The fourth-order valence-electron chi connectivity index (χ4n) is 1.23. The number of halogens is 1. The molecule has 10 heavy (non-hydrogen) atoms. The van der Waals surface area contributed by atoms with Gasteiger partial charge < -0.3 is 10.8 Å². The topological polar surface area (TPSA) is 46.2 Å². The summed E-state index contributed by atoms with van der Waals surface area (Å²) in [7, 11) is 0. The van der Waals surface area contributed by atoms with Crippen LogP contribution in [0.5, 0.6) is 0 Å². The molecule has 0 spiro atoms. The smallest absolute Gasteiger partial charge is 0.0580 e. The Hall–Kier alpha value is 0.210. The summed E-state index contributed by atoms with van der Waals surface area (Å²) in [5, 5.41) is 9.29. The molecule has 1 rings (SSSR count). The second-order valence-electron chi connectivity index (χ2n) is 2.84. The van der Waals surface area contributed by atoms with Crippen molar-refractivity contribution in [3.8, 4) is 0 Å². The van der Waals surface area contributed by atoms with Crippen LogP contribution in [0.1, 0.15) is 25.7 Å². The van der Waals surface area contributed by atoms with Gasteiger partial charge in [-0.1, -0.05) is 6.42 Å². The maximum absolute atomic E-state index is 9.29. The lowest BCUT2D eigenvalue weighted by molar-refractivity contribution is 0.0577. The van der Waals surface area contributed by atoms with E-state index in [1.807, 2.05) is 0 Å². The summed E-state index contributed by atoms with van der Waals surface area (Å²) in [5.74, 6) is 0.577. The van der Waals surface area contributed by atoms with Crippen molar-refractivity contribution in [1.29, 1.82) is 0 Å². The highest BCUT2D eigenvalue weighted by atomic mass is 35.5. The Morgan fingerprint density at radius 1 is 1.50 bits per heavy atom. The first kappa shape index (κ1) is 10.2. The van der Waals surface area contributed by atoms with Crippen LogP contribution in [0.4, 0.5) is 0 Å². The lowest BCUT2D eigenvalue weighted by Gasteiger charge is -2.29. The van der Waals surface area contributed by atoms with Crippen molar-refractivity contribution < 1.29 is 5.11 Å². The first-order valence-corrected chi connectivity index (χ1v) is 3.72. The molecule has 0 aromatic heterocycles. The van der Waals surface area contributed by atoms with Gasteiger partial charge in [-0.15, -0.1) is 12.4 Å². The van der Waals surface area contributed by atoms with E-state index in [1.54, 1.807) is 0 Å². The monoisotopic (exact) mass is 165 g/mol. The molecule has 1 atom stereocenters. The molecule has 0 aliphatic heterocycles. The Balaban J connectivity index is 0.000000810. The quantitative estimate of drug-likeness (QED) is 0.654. The van der Waals surface area contributed by atoms with Crippen LogP contribution in [0.3, 0.4) is 0 Å². The Morgan fingerprint density at radius 3 is 2.40 bits per heavy atom. The Kier molecular flexibility index (Phi) is 5.04. The molecule has 0 amide bonds. The van der Waals surface area contributed by atoms with Gasteiger partial charge in [0.25, 0.3) is 0 Å². The van der Waals surface area contributed by atoms with E-state index in [1.165, 1.54) is 19.3 Å². The second-order valence-corrected chi connectivity index (χ2v) is 2.84. The van der Waals surface area contributed by atoms with Gasteiger partial charge in [0.1, 0.15) is 0 Å². The molecule has 0 unspecified atom stereocenters. The maximum atomic E-state index is 9.29. The van der Waals surface area contributed by atoms with Gasteiger partial charge in [-0.2, -0.15) is 0 Å². The normalized spacial score (nSPS) is 21.0. The average Bonchev–Trinajstić information content (AvgIpc) is 1.60. The van der Waals surface area contributed by atoms with E-state index >= 15 is 0 Å². The molecule has 1 fully saturated rings. The molecule has 62 valence electrons. The van der Waals surface area contributed by atoms with Crippen LogP contribution in [0.15, 0.2) is 0 Å². The van der Waals surface area contributed by atoms with Crippen LogP contribution in [0.25, 0.3) is 0 Å². The van der Waals surface area contributed by atoms with Crippen molar-refractivity contribution in [2.75, 3.05) is 6.54 Å². The largest absolute Gasteiger partial charge is 0.393 e. The van der Waals surface area contributed by atoms with E-state index in [0.29, 0.717) is 12.5 Å². The van der Waals surface area contributed by atoms with Gasteiger partial charge in [0, 0.05) is 0 Å². The van der Waals surface area contributed by atoms with Crippen molar-refractivity contribution in [2.45, 2.75) is 31.8 Å². The molecule has 2 nitrogen and oxygen atoms in total. The minimum absolute atomic E-state index is 0. The third kappa shape index (κ3) is 2.45. The number of nitrogens with two attached hydrogens (primary N) is 1. The van der Waals surface area contributed by atoms with E-state index in [9.17, 15) is 5.11 Å². The molecular formula is C7H16ClNO. The molecule has 0 saturated heterocycles. The first-order valence-electron chi connectivity index (χ1n) is 3.72. The van der Waals surface area contributed by atoms with Crippen LogP contribution in [0.2, 0.25) is 0 Å². The summed E-state index contributed by atoms with van der Waals surface area (Å²) in [4.78, 5) is 0. The molecule has 0 aromatic carbocycles. The van der Waals surface area contributed by atoms with Gasteiger partial charge in [-0.3, -0.25) is 0 Å². The first-order chi connectivity index (χ1) is 4.34. The SMILES string of the molecule is Cl.NCC[C@H](O)C1CCC1. The van der Waals surface area contributed by atoms with Crippen molar-refractivity contribution in [3.63, 3.8) is 0 Å². The molecule has 1 aliphatic rings. The van der Waals surface area contributed by atoms with Gasteiger partial charge in [0.2, 0.25) is 0 Å². The Bertz CT molecular complexity index is 85.7. The predicted octanol–water partition coefficient (Wildman–Crippen LogP) is 0.918. The molecule has 0 heterocycles.